The molecule has 1 unspecified atom stereocenters. The topological polar surface area (TPSA) is 94.1 Å². The van der Waals surface area contributed by atoms with E-state index in [9.17, 15) is 14.7 Å². The van der Waals surface area contributed by atoms with Crippen molar-refractivity contribution in [2.45, 2.75) is 44.9 Å². The minimum atomic E-state index is -1.12. The number of hydrogen-bond acceptors (Lipinski definition) is 6. The Morgan fingerprint density at radius 1 is 1.08 bits per heavy atom. The monoisotopic (exact) mass is 488 g/mol. The lowest BCUT2D eigenvalue weighted by atomic mass is 10.0. The molecule has 0 bridgehead atoms. The van der Waals surface area contributed by atoms with Crippen molar-refractivity contribution in [2.75, 3.05) is 17.0 Å². The van der Waals surface area contributed by atoms with Crippen LogP contribution in [0.2, 0.25) is 0 Å². The number of fused-ring (bicyclic) bond motifs is 1. The minimum absolute atomic E-state index is 0.0871. The number of rotatable bonds is 7. The quantitative estimate of drug-likeness (QED) is 0.520. The second-order valence-corrected chi connectivity index (χ2v) is 9.78. The number of carbonyl (C=O) groups excluding carboxylic acids is 1. The van der Waals surface area contributed by atoms with Gasteiger partial charge in [0.2, 0.25) is 0 Å². The van der Waals surface area contributed by atoms with Gasteiger partial charge in [0, 0.05) is 24.0 Å². The molecule has 0 fully saturated rings. The lowest BCUT2D eigenvalue weighted by molar-refractivity contribution is -0.139. The van der Waals surface area contributed by atoms with Crippen LogP contribution in [0.4, 0.5) is 16.2 Å². The van der Waals surface area contributed by atoms with Crippen LogP contribution in [-0.2, 0) is 16.0 Å². The Balaban J connectivity index is 1.43. The molecule has 0 saturated heterocycles. The second kappa shape index (κ2) is 10.7. The van der Waals surface area contributed by atoms with Crippen molar-refractivity contribution in [3.63, 3.8) is 0 Å². The number of aliphatic carboxylic acids is 1. The largest absolute Gasteiger partial charge is 0.480 e. The molecule has 4 rings (SSSR count). The van der Waals surface area contributed by atoms with Gasteiger partial charge in [-0.25, -0.2) is 9.59 Å². The highest BCUT2D eigenvalue weighted by Gasteiger charge is 2.28. The van der Waals surface area contributed by atoms with E-state index in [1.165, 1.54) is 5.57 Å². The van der Waals surface area contributed by atoms with E-state index in [2.05, 4.69) is 51.1 Å². The number of carbonyl (C=O) groups is 2. The van der Waals surface area contributed by atoms with Gasteiger partial charge in [0.25, 0.3) is 0 Å². The third-order valence-corrected chi connectivity index (χ3v) is 5.72. The van der Waals surface area contributed by atoms with E-state index in [0.29, 0.717) is 6.67 Å². The summed E-state index contributed by atoms with van der Waals surface area (Å²) in [5, 5.41) is 14.2. The number of benzene rings is 2. The molecule has 0 saturated carbocycles. The highest BCUT2D eigenvalue weighted by molar-refractivity contribution is 5.80. The maximum absolute atomic E-state index is 12.1. The van der Waals surface area contributed by atoms with Crippen LogP contribution in [0.25, 0.3) is 0 Å². The SMILES string of the molecule is CC(C)(C)OC(=O)NC(Cc1ccc(NN2CN(c3ccccc3)C=C3C=CC=C[C@@H]32)cc1)C(=O)O. The summed E-state index contributed by atoms with van der Waals surface area (Å²) < 4.78 is 5.20. The molecule has 2 aromatic carbocycles. The third kappa shape index (κ3) is 6.55. The summed E-state index contributed by atoms with van der Waals surface area (Å²) in [5.41, 5.74) is 6.74. The van der Waals surface area contributed by atoms with Crippen LogP contribution in [0, 0.1) is 0 Å². The van der Waals surface area contributed by atoms with Crippen LogP contribution in [0.15, 0.2) is 90.7 Å². The summed E-state index contributed by atoms with van der Waals surface area (Å²) in [5.74, 6) is -1.12. The van der Waals surface area contributed by atoms with E-state index in [-0.39, 0.29) is 12.5 Å². The van der Waals surface area contributed by atoms with E-state index in [0.717, 1.165) is 16.9 Å². The van der Waals surface area contributed by atoms with Crippen LogP contribution >= 0.6 is 0 Å². The van der Waals surface area contributed by atoms with Gasteiger partial charge in [0.1, 0.15) is 11.6 Å². The molecule has 1 heterocycles. The van der Waals surface area contributed by atoms with Crippen molar-refractivity contribution >= 4 is 23.4 Å². The molecule has 8 heteroatoms. The number of ether oxygens (including phenoxy) is 1. The fourth-order valence-electron chi connectivity index (χ4n) is 4.07. The van der Waals surface area contributed by atoms with Gasteiger partial charge < -0.3 is 25.5 Å². The molecule has 3 N–H and O–H groups in total. The molecule has 2 aliphatic rings. The fourth-order valence-corrected chi connectivity index (χ4v) is 4.07. The Morgan fingerprint density at radius 2 is 1.81 bits per heavy atom. The molecular weight excluding hydrogens is 456 g/mol. The highest BCUT2D eigenvalue weighted by Crippen LogP contribution is 2.28. The molecule has 36 heavy (non-hydrogen) atoms. The number of amides is 1. The Bertz CT molecular complexity index is 1170. The Hall–Kier alpha value is -4.04. The average Bonchev–Trinajstić information content (AvgIpc) is 2.84. The number of hydrazine groups is 1. The first-order chi connectivity index (χ1) is 17.2. The van der Waals surface area contributed by atoms with Crippen molar-refractivity contribution in [2.24, 2.45) is 0 Å². The van der Waals surface area contributed by atoms with E-state index >= 15 is 0 Å². The molecule has 8 nitrogen and oxygen atoms in total. The molecule has 1 aliphatic heterocycles. The summed E-state index contributed by atoms with van der Waals surface area (Å²) in [7, 11) is 0. The van der Waals surface area contributed by atoms with Crippen LogP contribution in [0.5, 0.6) is 0 Å². The van der Waals surface area contributed by atoms with Gasteiger partial charge >= 0.3 is 12.1 Å². The number of anilines is 2. The maximum Gasteiger partial charge on any atom is 0.408 e. The number of nitrogens with zero attached hydrogens (tertiary/aromatic N) is 2. The zero-order valence-electron chi connectivity index (χ0n) is 20.7. The van der Waals surface area contributed by atoms with Crippen LogP contribution in [0.1, 0.15) is 26.3 Å². The van der Waals surface area contributed by atoms with Gasteiger partial charge in [-0.3, -0.25) is 0 Å². The average molecular weight is 489 g/mol. The van der Waals surface area contributed by atoms with Crippen molar-refractivity contribution in [1.82, 2.24) is 10.3 Å². The number of para-hydroxylation sites is 1. The molecule has 2 atom stereocenters. The standard InChI is InChI=1S/C28H32N4O4/c1-28(2,3)36-27(35)29-24(26(33)34)17-20-13-15-22(16-14-20)30-32-19-31(23-10-5-4-6-11-23)18-21-9-7-8-12-25(21)32/h4-16,18,24-25,30H,17,19H2,1-3H3,(H,29,35)(H,33,34)/t24?,25-/m0/s1. The van der Waals surface area contributed by atoms with Gasteiger partial charge in [-0.15, -0.1) is 0 Å². The van der Waals surface area contributed by atoms with Gasteiger partial charge in [-0.05, 0) is 56.2 Å². The molecule has 1 amide bonds. The van der Waals surface area contributed by atoms with Gasteiger partial charge in [-0.2, -0.15) is 5.01 Å². The van der Waals surface area contributed by atoms with Crippen molar-refractivity contribution < 1.29 is 19.4 Å². The Labute approximate surface area is 211 Å². The zero-order chi connectivity index (χ0) is 25.7. The van der Waals surface area contributed by atoms with Crippen molar-refractivity contribution in [3.8, 4) is 0 Å². The third-order valence-electron chi connectivity index (χ3n) is 5.72. The molecule has 188 valence electrons. The summed E-state index contributed by atoms with van der Waals surface area (Å²) >= 11 is 0. The minimum Gasteiger partial charge on any atom is -0.480 e. The second-order valence-electron chi connectivity index (χ2n) is 9.78. The number of alkyl carbamates (subject to hydrolysis) is 1. The summed E-state index contributed by atoms with van der Waals surface area (Å²) in [6, 6.07) is 16.8. The molecule has 1 aliphatic carbocycles. The van der Waals surface area contributed by atoms with Crippen molar-refractivity contribution in [1.29, 1.82) is 0 Å². The first-order valence-electron chi connectivity index (χ1n) is 11.9. The van der Waals surface area contributed by atoms with Crippen LogP contribution in [0.3, 0.4) is 0 Å². The first-order valence-corrected chi connectivity index (χ1v) is 11.9. The summed E-state index contributed by atoms with van der Waals surface area (Å²) in [6.07, 6.45) is 9.90. The number of hydrogen-bond donors (Lipinski definition) is 3. The van der Waals surface area contributed by atoms with Crippen LogP contribution in [-0.4, -0.2) is 46.5 Å². The lowest BCUT2D eigenvalue weighted by Gasteiger charge is -2.41. The van der Waals surface area contributed by atoms with E-state index in [1.54, 1.807) is 20.8 Å². The van der Waals surface area contributed by atoms with Gasteiger partial charge in [0.05, 0.1) is 12.7 Å². The lowest BCUT2D eigenvalue weighted by Crippen LogP contribution is -2.49. The Kier molecular flexibility index (Phi) is 7.45. The summed E-state index contributed by atoms with van der Waals surface area (Å²) in [6.45, 7) is 5.83. The summed E-state index contributed by atoms with van der Waals surface area (Å²) in [4.78, 5) is 25.9. The molecular formula is C28H32N4O4. The molecule has 0 spiro atoms. The number of allylic oxidation sites excluding steroid dienone is 2. The number of nitrogens with one attached hydrogen (secondary N) is 2. The normalized spacial score (nSPS) is 18.1. The molecule has 0 radical (unpaired) electrons. The van der Waals surface area contributed by atoms with E-state index in [1.807, 2.05) is 54.6 Å². The fraction of sp³-hybridized carbons (Fsp3) is 0.286. The van der Waals surface area contributed by atoms with Gasteiger partial charge in [-0.1, -0.05) is 54.6 Å². The number of carboxylic acids is 1. The predicted octanol–water partition coefficient (Wildman–Crippen LogP) is 4.69. The van der Waals surface area contributed by atoms with Gasteiger partial charge in [0.15, 0.2) is 0 Å². The Morgan fingerprint density at radius 3 is 2.47 bits per heavy atom. The predicted molar refractivity (Wildman–Crippen MR) is 140 cm³/mol. The highest BCUT2D eigenvalue weighted by atomic mass is 16.6. The van der Waals surface area contributed by atoms with E-state index in [4.69, 9.17) is 4.74 Å². The van der Waals surface area contributed by atoms with Crippen LogP contribution < -0.4 is 15.6 Å². The van der Waals surface area contributed by atoms with Crippen molar-refractivity contribution in [3.05, 3.63) is 96.2 Å². The molecule has 2 aromatic rings. The smallest absolute Gasteiger partial charge is 0.408 e. The molecule has 0 aromatic heterocycles. The zero-order valence-corrected chi connectivity index (χ0v) is 20.7. The van der Waals surface area contributed by atoms with E-state index < -0.39 is 23.7 Å². The maximum atomic E-state index is 12.1. The number of carboxylic acid groups (broad SMARTS) is 1. The first kappa shape index (κ1) is 25.1.